The van der Waals surface area contributed by atoms with Crippen LogP contribution in [-0.4, -0.2) is 39.0 Å². The number of aromatic nitrogens is 4. The predicted octanol–water partition coefficient (Wildman–Crippen LogP) is 2.14. The second kappa shape index (κ2) is 4.60. The molecule has 0 spiro atoms. The van der Waals surface area contributed by atoms with Crippen LogP contribution in [0.3, 0.4) is 0 Å². The van der Waals surface area contributed by atoms with Gasteiger partial charge in [-0.3, -0.25) is 4.68 Å². The van der Waals surface area contributed by atoms with Crippen molar-refractivity contribution in [1.82, 2.24) is 19.7 Å². The molecule has 0 saturated carbocycles. The highest BCUT2D eigenvalue weighted by Gasteiger charge is 2.42. The quantitative estimate of drug-likeness (QED) is 0.805. The van der Waals surface area contributed by atoms with Crippen LogP contribution in [0.4, 0.5) is 19.0 Å². The lowest BCUT2D eigenvalue weighted by molar-refractivity contribution is -0.176. The molecule has 2 aromatic rings. The molecule has 3 heterocycles. The van der Waals surface area contributed by atoms with E-state index in [1.807, 2.05) is 0 Å². The Kier molecular flexibility index (Phi) is 3.02. The molecule has 8 heteroatoms. The van der Waals surface area contributed by atoms with E-state index in [0.29, 0.717) is 29.8 Å². The minimum Gasteiger partial charge on any atom is -0.355 e. The molecular formula is C12H14F3N5. The largest absolute Gasteiger partial charge is 0.393 e. The molecule has 1 aliphatic heterocycles. The van der Waals surface area contributed by atoms with E-state index in [9.17, 15) is 13.2 Å². The minimum absolute atomic E-state index is 0.0511. The zero-order chi connectivity index (χ0) is 14.3. The molecule has 5 nitrogen and oxygen atoms in total. The molecule has 0 radical (unpaired) electrons. The van der Waals surface area contributed by atoms with E-state index in [-0.39, 0.29) is 13.0 Å². The third kappa shape index (κ3) is 2.19. The monoisotopic (exact) mass is 285 g/mol. The SMILES string of the molecule is Cn1ncc2c(N3CCCC(C(F)(F)F)C3)ncnc21. The van der Waals surface area contributed by atoms with Gasteiger partial charge in [0.25, 0.3) is 0 Å². The van der Waals surface area contributed by atoms with Crippen molar-refractivity contribution in [2.24, 2.45) is 13.0 Å². The van der Waals surface area contributed by atoms with Crippen LogP contribution in [0.1, 0.15) is 12.8 Å². The Morgan fingerprint density at radius 1 is 1.30 bits per heavy atom. The highest BCUT2D eigenvalue weighted by atomic mass is 19.4. The van der Waals surface area contributed by atoms with Gasteiger partial charge in [0.15, 0.2) is 5.65 Å². The van der Waals surface area contributed by atoms with Crippen LogP contribution < -0.4 is 4.90 Å². The number of nitrogens with zero attached hydrogens (tertiary/aromatic N) is 5. The molecule has 1 saturated heterocycles. The lowest BCUT2D eigenvalue weighted by Crippen LogP contribution is -2.42. The Morgan fingerprint density at radius 2 is 2.10 bits per heavy atom. The first kappa shape index (κ1) is 13.1. The Hall–Kier alpha value is -1.86. The van der Waals surface area contributed by atoms with Crippen LogP contribution in [0.15, 0.2) is 12.5 Å². The van der Waals surface area contributed by atoms with Gasteiger partial charge in [-0.15, -0.1) is 0 Å². The normalized spacial score (nSPS) is 20.6. The molecule has 0 aliphatic carbocycles. The van der Waals surface area contributed by atoms with Crippen LogP contribution in [0, 0.1) is 5.92 Å². The van der Waals surface area contributed by atoms with Gasteiger partial charge in [-0.2, -0.15) is 18.3 Å². The summed E-state index contributed by atoms with van der Waals surface area (Å²) in [5.74, 6) is -0.755. The third-order valence-electron chi connectivity index (χ3n) is 3.69. The van der Waals surface area contributed by atoms with Gasteiger partial charge in [0, 0.05) is 20.1 Å². The summed E-state index contributed by atoms with van der Waals surface area (Å²) in [5.41, 5.74) is 0.629. The molecule has 1 unspecified atom stereocenters. The van der Waals surface area contributed by atoms with Crippen molar-refractivity contribution in [3.63, 3.8) is 0 Å². The molecule has 0 N–H and O–H groups in total. The first-order valence-electron chi connectivity index (χ1n) is 6.41. The van der Waals surface area contributed by atoms with Gasteiger partial charge in [0.2, 0.25) is 0 Å². The molecule has 1 fully saturated rings. The predicted molar refractivity (Wildman–Crippen MR) is 67.3 cm³/mol. The molecule has 0 bridgehead atoms. The Labute approximate surface area is 113 Å². The molecule has 1 atom stereocenters. The van der Waals surface area contributed by atoms with E-state index in [0.717, 1.165) is 0 Å². The van der Waals surface area contributed by atoms with Gasteiger partial charge in [-0.25, -0.2) is 9.97 Å². The average Bonchev–Trinajstić information content (AvgIpc) is 2.80. The second-order valence-electron chi connectivity index (χ2n) is 5.03. The van der Waals surface area contributed by atoms with E-state index in [1.165, 1.54) is 6.33 Å². The maximum Gasteiger partial charge on any atom is 0.393 e. The van der Waals surface area contributed by atoms with Crippen molar-refractivity contribution in [2.45, 2.75) is 19.0 Å². The van der Waals surface area contributed by atoms with Crippen LogP contribution in [0.2, 0.25) is 0 Å². The number of alkyl halides is 3. The second-order valence-corrected chi connectivity index (χ2v) is 5.03. The highest BCUT2D eigenvalue weighted by molar-refractivity contribution is 5.86. The minimum atomic E-state index is -4.15. The number of piperidine rings is 1. The molecule has 0 aromatic carbocycles. The Balaban J connectivity index is 1.95. The summed E-state index contributed by atoms with van der Waals surface area (Å²) in [6, 6.07) is 0. The van der Waals surface area contributed by atoms with Gasteiger partial charge < -0.3 is 4.90 Å². The summed E-state index contributed by atoms with van der Waals surface area (Å²) in [7, 11) is 1.74. The maximum absolute atomic E-state index is 12.9. The number of hydrogen-bond acceptors (Lipinski definition) is 4. The van der Waals surface area contributed by atoms with Gasteiger partial charge in [0.1, 0.15) is 12.1 Å². The highest BCUT2D eigenvalue weighted by Crippen LogP contribution is 2.35. The lowest BCUT2D eigenvalue weighted by atomic mass is 9.97. The van der Waals surface area contributed by atoms with E-state index in [1.54, 1.807) is 22.8 Å². The maximum atomic E-state index is 12.9. The number of rotatable bonds is 1. The molecule has 0 amide bonds. The van der Waals surface area contributed by atoms with Crippen LogP contribution in [-0.2, 0) is 7.05 Å². The van der Waals surface area contributed by atoms with Crippen molar-refractivity contribution in [1.29, 1.82) is 0 Å². The standard InChI is InChI=1S/C12H14F3N5/c1-19-10-9(5-18-19)11(17-7-16-10)20-4-2-3-8(6-20)12(13,14)15/h5,7-8H,2-4,6H2,1H3. The number of anilines is 1. The van der Waals surface area contributed by atoms with Gasteiger partial charge in [0.05, 0.1) is 17.5 Å². The Bertz CT molecular complexity index is 621. The van der Waals surface area contributed by atoms with E-state index < -0.39 is 12.1 Å². The van der Waals surface area contributed by atoms with E-state index in [4.69, 9.17) is 0 Å². The summed E-state index contributed by atoms with van der Waals surface area (Å²) < 4.78 is 40.2. The first-order chi connectivity index (χ1) is 9.47. The molecule has 108 valence electrons. The molecule has 2 aromatic heterocycles. The van der Waals surface area contributed by atoms with Crippen molar-refractivity contribution in [3.8, 4) is 0 Å². The van der Waals surface area contributed by atoms with Crippen LogP contribution in [0.5, 0.6) is 0 Å². The summed E-state index contributed by atoms with van der Waals surface area (Å²) >= 11 is 0. The molecule has 3 rings (SSSR count). The molecule has 20 heavy (non-hydrogen) atoms. The third-order valence-corrected chi connectivity index (χ3v) is 3.69. The number of hydrogen-bond donors (Lipinski definition) is 0. The zero-order valence-corrected chi connectivity index (χ0v) is 10.9. The van der Waals surface area contributed by atoms with Crippen LogP contribution in [0.25, 0.3) is 11.0 Å². The number of fused-ring (bicyclic) bond motifs is 1. The van der Waals surface area contributed by atoms with Gasteiger partial charge >= 0.3 is 6.18 Å². The van der Waals surface area contributed by atoms with E-state index >= 15 is 0 Å². The Morgan fingerprint density at radius 3 is 2.85 bits per heavy atom. The average molecular weight is 285 g/mol. The fraction of sp³-hybridized carbons (Fsp3) is 0.583. The number of aryl methyl sites for hydroxylation is 1. The number of halogens is 3. The van der Waals surface area contributed by atoms with Gasteiger partial charge in [-0.05, 0) is 12.8 Å². The van der Waals surface area contributed by atoms with Crippen molar-refractivity contribution < 1.29 is 13.2 Å². The van der Waals surface area contributed by atoms with Crippen molar-refractivity contribution in [2.75, 3.05) is 18.0 Å². The molecular weight excluding hydrogens is 271 g/mol. The van der Waals surface area contributed by atoms with Crippen molar-refractivity contribution in [3.05, 3.63) is 12.5 Å². The summed E-state index contributed by atoms with van der Waals surface area (Å²) in [5, 5.41) is 4.78. The van der Waals surface area contributed by atoms with Gasteiger partial charge in [-0.1, -0.05) is 0 Å². The summed E-state index contributed by atoms with van der Waals surface area (Å²) in [6.45, 7) is 0.526. The zero-order valence-electron chi connectivity index (χ0n) is 10.9. The topological polar surface area (TPSA) is 46.8 Å². The summed E-state index contributed by atoms with van der Waals surface area (Å²) in [6.07, 6.45) is -0.491. The van der Waals surface area contributed by atoms with Crippen LogP contribution >= 0.6 is 0 Å². The lowest BCUT2D eigenvalue weighted by Gasteiger charge is -2.34. The first-order valence-corrected chi connectivity index (χ1v) is 6.41. The molecule has 1 aliphatic rings. The smallest absolute Gasteiger partial charge is 0.355 e. The van der Waals surface area contributed by atoms with Crippen molar-refractivity contribution >= 4 is 16.9 Å². The fourth-order valence-corrected chi connectivity index (χ4v) is 2.64. The summed E-state index contributed by atoms with van der Waals surface area (Å²) in [4.78, 5) is 9.95. The fourth-order valence-electron chi connectivity index (χ4n) is 2.64. The van der Waals surface area contributed by atoms with E-state index in [2.05, 4.69) is 15.1 Å².